The van der Waals surface area contributed by atoms with Crippen molar-refractivity contribution in [2.75, 3.05) is 0 Å². The Kier molecular flexibility index (Phi) is 7.47. The van der Waals surface area contributed by atoms with Gasteiger partial charge >= 0.3 is 0 Å². The minimum absolute atomic E-state index is 0. The van der Waals surface area contributed by atoms with E-state index in [9.17, 15) is 4.79 Å². The summed E-state index contributed by atoms with van der Waals surface area (Å²) in [5, 5.41) is 1.10. The second-order valence-corrected chi connectivity index (χ2v) is 6.99. The molecular formula is C17H22NOSU-. The van der Waals surface area contributed by atoms with Gasteiger partial charge in [-0.2, -0.15) is 6.92 Å². The number of Topliss-reactive ketones (excluding diaryl/α,β-unsaturated/α-hetero) is 1. The van der Waals surface area contributed by atoms with Crippen LogP contribution in [0, 0.1) is 44.0 Å². The van der Waals surface area contributed by atoms with Gasteiger partial charge in [0.25, 0.3) is 0 Å². The van der Waals surface area contributed by atoms with Crippen molar-refractivity contribution in [2.24, 2.45) is 5.92 Å². The van der Waals surface area contributed by atoms with Gasteiger partial charge in [0.05, 0.1) is 0 Å². The number of hydrogen-bond acceptors (Lipinski definition) is 3. The van der Waals surface area contributed by atoms with Crippen molar-refractivity contribution in [1.29, 1.82) is 0 Å². The molecule has 4 heteroatoms. The number of carbonyl (C=O) groups excluding carboxylic acids is 1. The molecule has 3 rings (SSSR count). The van der Waals surface area contributed by atoms with Crippen molar-refractivity contribution < 1.29 is 35.9 Å². The summed E-state index contributed by atoms with van der Waals surface area (Å²) in [6.45, 7) is 9.95. The van der Waals surface area contributed by atoms with Gasteiger partial charge < -0.3 is 4.79 Å². The van der Waals surface area contributed by atoms with Crippen molar-refractivity contribution in [1.82, 2.24) is 4.98 Å². The molecule has 0 aromatic carbocycles. The molecule has 0 N–H and O–H groups in total. The van der Waals surface area contributed by atoms with Gasteiger partial charge in [0, 0.05) is 42.6 Å². The van der Waals surface area contributed by atoms with Gasteiger partial charge in [0.15, 0.2) is 0 Å². The van der Waals surface area contributed by atoms with Gasteiger partial charge in [-0.15, -0.1) is 6.07 Å². The number of aryl methyl sites for hydroxylation is 2. The normalized spacial score (nSPS) is 13.1. The number of pyridine rings is 1. The number of carbonyl (C=O) groups is 1. The summed E-state index contributed by atoms with van der Waals surface area (Å²) in [6.07, 6.45) is 4.70. The summed E-state index contributed by atoms with van der Waals surface area (Å²) < 4.78 is 0. The first-order valence-corrected chi connectivity index (χ1v) is 8.07. The smallest absolute Gasteiger partial charge is 0.105 e. The zero-order valence-corrected chi connectivity index (χ0v) is 18.0. The van der Waals surface area contributed by atoms with Gasteiger partial charge in [-0.3, -0.25) is 0 Å². The van der Waals surface area contributed by atoms with Crippen LogP contribution >= 0.6 is 11.3 Å². The molecule has 0 aliphatic heterocycles. The average molecular weight is 526 g/mol. The molecule has 1 aliphatic rings. The Morgan fingerprint density at radius 1 is 1.24 bits per heavy atom. The van der Waals surface area contributed by atoms with E-state index < -0.39 is 0 Å². The number of nitrogens with zero attached hydrogens (tertiary/aromatic N) is 1. The maximum absolute atomic E-state index is 11.2. The minimum Gasteiger partial charge on any atom is -0.331 e. The van der Waals surface area contributed by atoms with E-state index in [0.29, 0.717) is 4.88 Å². The van der Waals surface area contributed by atoms with E-state index >= 15 is 0 Å². The SMILES string of the molecule is CC(C)C.[CH2-]C(=O)c1cc2cc3c(nc2s1)CCCC3.[U]. The Morgan fingerprint density at radius 3 is 2.48 bits per heavy atom. The molecule has 21 heavy (non-hydrogen) atoms. The van der Waals surface area contributed by atoms with Crippen LogP contribution in [-0.4, -0.2) is 10.8 Å². The monoisotopic (exact) mass is 526 g/mol. The van der Waals surface area contributed by atoms with Crippen LogP contribution < -0.4 is 0 Å². The Labute approximate surface area is 155 Å². The zero-order chi connectivity index (χ0) is 14.7. The van der Waals surface area contributed by atoms with Gasteiger partial charge in [-0.1, -0.05) is 25.6 Å². The fraction of sp³-hybridized carbons (Fsp3) is 0.471. The molecular weight excluding hydrogens is 504 g/mol. The molecule has 0 spiro atoms. The molecule has 2 aromatic heterocycles. The van der Waals surface area contributed by atoms with Crippen LogP contribution in [0.25, 0.3) is 10.2 Å². The van der Waals surface area contributed by atoms with Crippen LogP contribution in [0.5, 0.6) is 0 Å². The number of ketones is 1. The molecule has 2 heterocycles. The minimum atomic E-state index is -0.110. The first-order chi connectivity index (χ1) is 9.47. The summed E-state index contributed by atoms with van der Waals surface area (Å²) in [6, 6.07) is 4.11. The van der Waals surface area contributed by atoms with Crippen LogP contribution in [0.4, 0.5) is 0 Å². The van der Waals surface area contributed by atoms with E-state index in [1.165, 1.54) is 35.4 Å². The number of fused-ring (bicyclic) bond motifs is 2. The predicted octanol–water partition coefficient (Wildman–Crippen LogP) is 4.85. The first kappa shape index (κ1) is 18.8. The predicted molar refractivity (Wildman–Crippen MR) is 86.5 cm³/mol. The maximum Gasteiger partial charge on any atom is 0.105 e. The number of rotatable bonds is 1. The Balaban J connectivity index is 0.000000397. The van der Waals surface area contributed by atoms with Crippen molar-refractivity contribution in [2.45, 2.75) is 46.5 Å². The fourth-order valence-electron chi connectivity index (χ4n) is 2.23. The van der Waals surface area contributed by atoms with E-state index in [2.05, 4.69) is 38.7 Å². The molecule has 0 saturated carbocycles. The topological polar surface area (TPSA) is 30.0 Å². The summed E-state index contributed by atoms with van der Waals surface area (Å²) in [5.41, 5.74) is 2.59. The first-order valence-electron chi connectivity index (χ1n) is 7.26. The molecule has 0 atom stereocenters. The van der Waals surface area contributed by atoms with Crippen molar-refractivity contribution in [3.05, 3.63) is 35.2 Å². The van der Waals surface area contributed by atoms with Crippen molar-refractivity contribution >= 4 is 27.3 Å². The summed E-state index contributed by atoms with van der Waals surface area (Å²) >= 11 is 1.46. The van der Waals surface area contributed by atoms with Gasteiger partial charge in [-0.05, 0) is 48.6 Å². The van der Waals surface area contributed by atoms with E-state index in [0.717, 1.165) is 29.0 Å². The van der Waals surface area contributed by atoms with Crippen LogP contribution in [0.2, 0.25) is 0 Å². The number of aromatic nitrogens is 1. The zero-order valence-electron chi connectivity index (χ0n) is 13.0. The maximum atomic E-state index is 11.2. The van der Waals surface area contributed by atoms with E-state index in [4.69, 9.17) is 0 Å². The van der Waals surface area contributed by atoms with Crippen LogP contribution in [0.3, 0.4) is 0 Å². The molecule has 0 radical (unpaired) electrons. The third kappa shape index (κ3) is 5.13. The third-order valence-electron chi connectivity index (χ3n) is 3.06. The van der Waals surface area contributed by atoms with Crippen molar-refractivity contribution in [3.63, 3.8) is 0 Å². The third-order valence-corrected chi connectivity index (χ3v) is 4.15. The molecule has 2 nitrogen and oxygen atoms in total. The second-order valence-electron chi connectivity index (χ2n) is 5.96. The van der Waals surface area contributed by atoms with E-state index in [1.807, 2.05) is 6.07 Å². The van der Waals surface area contributed by atoms with E-state index in [1.54, 1.807) is 0 Å². The number of thiophene rings is 1. The van der Waals surface area contributed by atoms with Gasteiger partial charge in [0.2, 0.25) is 0 Å². The van der Waals surface area contributed by atoms with Gasteiger partial charge in [-0.25, -0.2) is 16.3 Å². The number of hydrogen-bond donors (Lipinski definition) is 0. The molecule has 0 saturated heterocycles. The molecule has 2 aromatic rings. The molecule has 0 unspecified atom stereocenters. The standard InChI is InChI=1S/C13H12NOS.C4H10.U/c1-8(15)12-7-10-6-9-4-2-3-5-11(9)14-13(10)16-12;1-4(2)3;/h6-7H,1-5H2;4H,1-3H3;/q-1;;. The Hall–Kier alpha value is -0.298. The largest absolute Gasteiger partial charge is 0.331 e. The summed E-state index contributed by atoms with van der Waals surface area (Å²) in [4.78, 5) is 17.6. The molecule has 112 valence electrons. The molecule has 1 aliphatic carbocycles. The quantitative estimate of drug-likeness (QED) is 0.393. The molecule has 0 amide bonds. The molecule has 0 bridgehead atoms. The van der Waals surface area contributed by atoms with Crippen LogP contribution in [0.15, 0.2) is 12.1 Å². The molecule has 0 fully saturated rings. The Bertz CT molecular complexity index is 573. The Morgan fingerprint density at radius 2 is 1.86 bits per heavy atom. The summed E-state index contributed by atoms with van der Waals surface area (Å²) in [5.74, 6) is 0.723. The van der Waals surface area contributed by atoms with Gasteiger partial charge in [0.1, 0.15) is 4.83 Å². The average Bonchev–Trinajstić information content (AvgIpc) is 2.78. The summed E-state index contributed by atoms with van der Waals surface area (Å²) in [7, 11) is 0. The van der Waals surface area contributed by atoms with Crippen LogP contribution in [-0.2, 0) is 12.8 Å². The fourth-order valence-corrected chi connectivity index (χ4v) is 3.13. The van der Waals surface area contributed by atoms with Crippen LogP contribution in [0.1, 0.15) is 54.5 Å². The second kappa shape index (κ2) is 8.36. The van der Waals surface area contributed by atoms with Crippen molar-refractivity contribution in [3.8, 4) is 0 Å². The van der Waals surface area contributed by atoms with E-state index in [-0.39, 0.29) is 36.9 Å².